The average molecular weight is 245 g/mol. The summed E-state index contributed by atoms with van der Waals surface area (Å²) in [6, 6.07) is 9.70. The molecule has 2 atom stereocenters. The lowest BCUT2D eigenvalue weighted by Gasteiger charge is -2.38. The zero-order valence-electron chi connectivity index (χ0n) is 11.2. The van der Waals surface area contributed by atoms with Gasteiger partial charge in [-0.3, -0.25) is 4.90 Å². The average Bonchev–Trinajstić information content (AvgIpc) is 2.86. The van der Waals surface area contributed by atoms with Gasteiger partial charge in [-0.25, -0.2) is 0 Å². The van der Waals surface area contributed by atoms with Crippen LogP contribution in [0.25, 0.3) is 0 Å². The molecule has 2 aliphatic heterocycles. The molecule has 0 saturated carbocycles. The normalized spacial score (nSPS) is 26.1. The molecule has 0 aromatic heterocycles. The lowest BCUT2D eigenvalue weighted by Crippen LogP contribution is -2.50. The van der Waals surface area contributed by atoms with Crippen molar-refractivity contribution >= 4 is 5.69 Å². The number of rotatable bonds is 2. The highest BCUT2D eigenvalue weighted by Crippen LogP contribution is 2.26. The van der Waals surface area contributed by atoms with Gasteiger partial charge >= 0.3 is 0 Å². The summed E-state index contributed by atoms with van der Waals surface area (Å²) in [5, 5.41) is 0. The summed E-state index contributed by atoms with van der Waals surface area (Å²) in [5.74, 6) is 0. The highest BCUT2D eigenvalue weighted by Gasteiger charge is 2.30. The summed E-state index contributed by atoms with van der Waals surface area (Å²) in [6.45, 7) is 6.92. The van der Waals surface area contributed by atoms with Gasteiger partial charge in [0.2, 0.25) is 0 Å². The molecule has 2 fully saturated rings. The number of benzene rings is 1. The molecule has 3 nitrogen and oxygen atoms in total. The van der Waals surface area contributed by atoms with Crippen LogP contribution in [0.1, 0.15) is 31.4 Å². The first kappa shape index (κ1) is 12.0. The second-order valence-corrected chi connectivity index (χ2v) is 5.66. The molecule has 2 aliphatic rings. The Balaban J connectivity index is 1.71. The van der Waals surface area contributed by atoms with E-state index in [-0.39, 0.29) is 6.04 Å². The van der Waals surface area contributed by atoms with Gasteiger partial charge in [-0.1, -0.05) is 12.1 Å². The fourth-order valence-electron chi connectivity index (χ4n) is 3.21. The second kappa shape index (κ2) is 4.90. The summed E-state index contributed by atoms with van der Waals surface area (Å²) in [5.41, 5.74) is 8.47. The zero-order valence-corrected chi connectivity index (χ0v) is 11.2. The quantitative estimate of drug-likeness (QED) is 0.865. The van der Waals surface area contributed by atoms with E-state index in [2.05, 4.69) is 34.1 Å². The van der Waals surface area contributed by atoms with Crippen molar-refractivity contribution in [3.63, 3.8) is 0 Å². The first-order chi connectivity index (χ1) is 8.74. The number of hydrogen-bond acceptors (Lipinski definition) is 3. The van der Waals surface area contributed by atoms with Gasteiger partial charge in [0.05, 0.1) is 0 Å². The van der Waals surface area contributed by atoms with Crippen LogP contribution in [-0.2, 0) is 0 Å². The van der Waals surface area contributed by atoms with Crippen molar-refractivity contribution < 1.29 is 0 Å². The maximum atomic E-state index is 5.89. The summed E-state index contributed by atoms with van der Waals surface area (Å²) in [6.07, 6.45) is 2.75. The molecule has 2 saturated heterocycles. The predicted octanol–water partition coefficient (Wildman–Crippen LogP) is 1.99. The van der Waals surface area contributed by atoms with Crippen molar-refractivity contribution in [2.24, 2.45) is 5.73 Å². The number of fused-ring (bicyclic) bond motifs is 1. The molecule has 0 spiro atoms. The Morgan fingerprint density at radius 1 is 1.17 bits per heavy atom. The van der Waals surface area contributed by atoms with Crippen molar-refractivity contribution in [3.05, 3.63) is 29.8 Å². The highest BCUT2D eigenvalue weighted by atomic mass is 15.3. The SMILES string of the molecule is C[C@H](N)c1ccc(N2CCN3CCCC3C2)cc1. The predicted molar refractivity (Wildman–Crippen MR) is 75.9 cm³/mol. The van der Waals surface area contributed by atoms with Crippen LogP contribution in [0.4, 0.5) is 5.69 Å². The van der Waals surface area contributed by atoms with E-state index in [1.807, 2.05) is 6.92 Å². The molecule has 98 valence electrons. The van der Waals surface area contributed by atoms with Crippen LogP contribution in [0.2, 0.25) is 0 Å². The van der Waals surface area contributed by atoms with E-state index in [9.17, 15) is 0 Å². The number of nitrogens with zero attached hydrogens (tertiary/aromatic N) is 2. The van der Waals surface area contributed by atoms with Gasteiger partial charge in [0.1, 0.15) is 0 Å². The monoisotopic (exact) mass is 245 g/mol. The van der Waals surface area contributed by atoms with Gasteiger partial charge in [-0.2, -0.15) is 0 Å². The van der Waals surface area contributed by atoms with Crippen molar-refractivity contribution in [1.82, 2.24) is 4.90 Å². The zero-order chi connectivity index (χ0) is 12.5. The second-order valence-electron chi connectivity index (χ2n) is 5.66. The minimum Gasteiger partial charge on any atom is -0.369 e. The number of piperazine rings is 1. The Morgan fingerprint density at radius 3 is 2.67 bits per heavy atom. The molecule has 0 amide bonds. The highest BCUT2D eigenvalue weighted by molar-refractivity contribution is 5.48. The first-order valence-corrected chi connectivity index (χ1v) is 7.08. The van der Waals surface area contributed by atoms with Crippen molar-refractivity contribution in [2.75, 3.05) is 31.1 Å². The summed E-state index contributed by atoms with van der Waals surface area (Å²) in [7, 11) is 0. The van der Waals surface area contributed by atoms with Crippen molar-refractivity contribution in [2.45, 2.75) is 31.8 Å². The number of nitrogens with two attached hydrogens (primary N) is 1. The number of anilines is 1. The smallest absolute Gasteiger partial charge is 0.0367 e. The summed E-state index contributed by atoms with van der Waals surface area (Å²) >= 11 is 0. The van der Waals surface area contributed by atoms with Crippen LogP contribution in [0.3, 0.4) is 0 Å². The molecule has 0 bridgehead atoms. The van der Waals surface area contributed by atoms with E-state index in [0.717, 1.165) is 12.6 Å². The van der Waals surface area contributed by atoms with Gasteiger partial charge in [0, 0.05) is 37.4 Å². The Labute approximate surface area is 110 Å². The fraction of sp³-hybridized carbons (Fsp3) is 0.600. The third-order valence-corrected chi connectivity index (χ3v) is 4.37. The Kier molecular flexibility index (Phi) is 3.27. The van der Waals surface area contributed by atoms with Gasteiger partial charge in [-0.15, -0.1) is 0 Å². The maximum Gasteiger partial charge on any atom is 0.0367 e. The van der Waals surface area contributed by atoms with E-state index >= 15 is 0 Å². The topological polar surface area (TPSA) is 32.5 Å². The van der Waals surface area contributed by atoms with Crippen LogP contribution in [0.15, 0.2) is 24.3 Å². The van der Waals surface area contributed by atoms with Crippen molar-refractivity contribution in [1.29, 1.82) is 0 Å². The molecule has 1 unspecified atom stereocenters. The first-order valence-electron chi connectivity index (χ1n) is 7.08. The molecular formula is C15H23N3. The van der Waals surface area contributed by atoms with E-state index in [1.165, 1.54) is 43.7 Å². The minimum absolute atomic E-state index is 0.130. The Bertz CT molecular complexity index is 399. The lowest BCUT2D eigenvalue weighted by molar-refractivity contribution is 0.231. The van der Waals surface area contributed by atoms with Crippen LogP contribution < -0.4 is 10.6 Å². The molecule has 1 aromatic rings. The maximum absolute atomic E-state index is 5.89. The molecule has 0 aliphatic carbocycles. The van der Waals surface area contributed by atoms with E-state index in [4.69, 9.17) is 5.73 Å². The molecule has 2 N–H and O–H groups in total. The van der Waals surface area contributed by atoms with E-state index in [1.54, 1.807) is 0 Å². The van der Waals surface area contributed by atoms with E-state index < -0.39 is 0 Å². The van der Waals surface area contributed by atoms with Crippen LogP contribution in [0, 0.1) is 0 Å². The summed E-state index contributed by atoms with van der Waals surface area (Å²) in [4.78, 5) is 5.17. The standard InChI is InChI=1S/C15H23N3/c1-12(16)13-4-6-14(7-5-13)18-10-9-17-8-2-3-15(17)11-18/h4-7,12,15H,2-3,8-11,16H2,1H3/t12-,15?/m0/s1. The van der Waals surface area contributed by atoms with E-state index in [0.29, 0.717) is 0 Å². The molecule has 0 radical (unpaired) electrons. The number of hydrogen-bond donors (Lipinski definition) is 1. The summed E-state index contributed by atoms with van der Waals surface area (Å²) < 4.78 is 0. The molecule has 1 aromatic carbocycles. The molecular weight excluding hydrogens is 222 g/mol. The van der Waals surface area contributed by atoms with Gasteiger partial charge in [0.25, 0.3) is 0 Å². The van der Waals surface area contributed by atoms with Gasteiger partial charge in [0.15, 0.2) is 0 Å². The van der Waals surface area contributed by atoms with Crippen LogP contribution in [0.5, 0.6) is 0 Å². The Hall–Kier alpha value is -1.06. The largest absolute Gasteiger partial charge is 0.369 e. The van der Waals surface area contributed by atoms with Gasteiger partial charge in [-0.05, 0) is 44.0 Å². The van der Waals surface area contributed by atoms with Crippen LogP contribution in [-0.4, -0.2) is 37.1 Å². The van der Waals surface area contributed by atoms with Crippen molar-refractivity contribution in [3.8, 4) is 0 Å². The van der Waals surface area contributed by atoms with Gasteiger partial charge < -0.3 is 10.6 Å². The third-order valence-electron chi connectivity index (χ3n) is 4.37. The Morgan fingerprint density at radius 2 is 1.94 bits per heavy atom. The van der Waals surface area contributed by atoms with Crippen LogP contribution >= 0.6 is 0 Å². The fourth-order valence-corrected chi connectivity index (χ4v) is 3.21. The lowest BCUT2D eigenvalue weighted by atomic mass is 10.1. The molecule has 2 heterocycles. The molecule has 18 heavy (non-hydrogen) atoms. The minimum atomic E-state index is 0.130. The molecule has 3 rings (SSSR count). The third kappa shape index (κ3) is 2.25. The molecule has 3 heteroatoms.